The average Bonchev–Trinajstić information content (AvgIpc) is 3.43. The Bertz CT molecular complexity index is 1390. The van der Waals surface area contributed by atoms with Crippen molar-refractivity contribution >= 4 is 57.4 Å². The number of thiazole rings is 1. The van der Waals surface area contributed by atoms with Gasteiger partial charge in [-0.25, -0.2) is 4.79 Å². The first-order valence-electron chi connectivity index (χ1n) is 9.39. The molecule has 0 aromatic carbocycles. The number of thiophene rings is 2. The molecule has 4 rings (SSSR count). The van der Waals surface area contributed by atoms with Crippen molar-refractivity contribution in [1.82, 2.24) is 4.57 Å². The molecule has 1 aliphatic rings. The Hall–Kier alpha value is -2.93. The highest BCUT2D eigenvalue weighted by molar-refractivity contribution is 7.11. The van der Waals surface area contributed by atoms with Gasteiger partial charge in [0.1, 0.15) is 16.1 Å². The van der Waals surface area contributed by atoms with Crippen LogP contribution in [0.25, 0.3) is 17.5 Å². The van der Waals surface area contributed by atoms with Gasteiger partial charge in [0, 0.05) is 9.75 Å². The lowest BCUT2D eigenvalue weighted by Gasteiger charge is -2.27. The van der Waals surface area contributed by atoms with Gasteiger partial charge in [-0.15, -0.1) is 34.0 Å². The van der Waals surface area contributed by atoms with Crippen LogP contribution < -0.4 is 20.5 Å². The summed E-state index contributed by atoms with van der Waals surface area (Å²) in [6.07, 6.45) is 1.78. The zero-order chi connectivity index (χ0) is 22.3. The minimum absolute atomic E-state index is 0.00808. The van der Waals surface area contributed by atoms with Crippen molar-refractivity contribution in [2.24, 2.45) is 5.73 Å². The van der Waals surface area contributed by atoms with Crippen LogP contribution in [0.1, 0.15) is 36.4 Å². The number of carbonyl (C=O) groups excluding carboxylic acids is 1. The maximum absolute atomic E-state index is 13.2. The first-order valence-corrected chi connectivity index (χ1v) is 12.0. The number of fused-ring (bicyclic) bond motifs is 1. The predicted octanol–water partition coefficient (Wildman–Crippen LogP) is 2.80. The van der Waals surface area contributed by atoms with Gasteiger partial charge in [0.2, 0.25) is 0 Å². The Kier molecular flexibility index (Phi) is 5.47. The van der Waals surface area contributed by atoms with Crippen molar-refractivity contribution in [3.05, 3.63) is 69.9 Å². The number of hydrogen-bond donors (Lipinski definition) is 1. The van der Waals surface area contributed by atoms with E-state index in [1.807, 2.05) is 35.0 Å². The molecule has 4 heterocycles. The largest absolute Gasteiger partial charge is 0.456 e. The van der Waals surface area contributed by atoms with Crippen LogP contribution >= 0.6 is 34.0 Å². The molecule has 0 saturated carbocycles. The summed E-state index contributed by atoms with van der Waals surface area (Å²) in [5, 5.41) is 13.9. The summed E-state index contributed by atoms with van der Waals surface area (Å²) in [6.45, 7) is 5.28. The lowest BCUT2D eigenvalue weighted by Crippen LogP contribution is -2.40. The zero-order valence-electron chi connectivity index (χ0n) is 17.0. The average molecular weight is 470 g/mol. The fourth-order valence-corrected chi connectivity index (χ4v) is 6.02. The minimum Gasteiger partial charge on any atom is -0.456 e. The normalized spacial score (nSPS) is 16.9. The van der Waals surface area contributed by atoms with Gasteiger partial charge in [0.15, 0.2) is 0 Å². The summed E-state index contributed by atoms with van der Waals surface area (Å²) in [4.78, 5) is 28.1. The molecular formula is C22H19N3O3S3. The van der Waals surface area contributed by atoms with Crippen molar-refractivity contribution in [2.75, 3.05) is 0 Å². The van der Waals surface area contributed by atoms with E-state index >= 15 is 0 Å². The first-order chi connectivity index (χ1) is 14.7. The van der Waals surface area contributed by atoms with E-state index in [0.717, 1.165) is 9.75 Å². The molecule has 0 saturated heterocycles. The van der Waals surface area contributed by atoms with Gasteiger partial charge < -0.3 is 10.5 Å². The Labute approximate surface area is 190 Å². The van der Waals surface area contributed by atoms with Crippen molar-refractivity contribution < 1.29 is 9.53 Å². The predicted molar refractivity (Wildman–Crippen MR) is 125 cm³/mol. The molecule has 0 aliphatic carbocycles. The third-order valence-corrected chi connectivity index (χ3v) is 7.40. The second-order valence-corrected chi connectivity index (χ2v) is 10.8. The number of nitrogens with zero attached hydrogens (tertiary/aromatic N) is 2. The Morgan fingerprint density at radius 2 is 1.97 bits per heavy atom. The Morgan fingerprint density at radius 3 is 2.55 bits per heavy atom. The molecule has 1 atom stereocenters. The molecule has 0 radical (unpaired) electrons. The number of carbonyl (C=O) groups is 1. The molecule has 0 bridgehead atoms. The van der Waals surface area contributed by atoms with Crippen LogP contribution in [0.4, 0.5) is 0 Å². The van der Waals surface area contributed by atoms with Gasteiger partial charge in [-0.1, -0.05) is 12.1 Å². The van der Waals surface area contributed by atoms with Crippen molar-refractivity contribution in [3.63, 3.8) is 0 Å². The third-order valence-electron chi connectivity index (χ3n) is 4.53. The molecule has 0 spiro atoms. The van der Waals surface area contributed by atoms with Gasteiger partial charge in [0.25, 0.3) is 5.56 Å². The number of ether oxygens (including phenoxy) is 1. The zero-order valence-corrected chi connectivity index (χ0v) is 19.5. The second kappa shape index (κ2) is 7.96. The molecule has 2 N–H and O–H groups in total. The molecule has 1 unspecified atom stereocenters. The van der Waals surface area contributed by atoms with E-state index in [2.05, 4.69) is 6.07 Å². The molecule has 6 nitrogen and oxygen atoms in total. The summed E-state index contributed by atoms with van der Waals surface area (Å²) in [7, 11) is 0. The van der Waals surface area contributed by atoms with Gasteiger partial charge >= 0.3 is 5.97 Å². The monoisotopic (exact) mass is 469 g/mol. The number of nitriles is 1. The molecular weight excluding hydrogens is 450 g/mol. The van der Waals surface area contributed by atoms with Gasteiger partial charge in [0.05, 0.1) is 27.7 Å². The van der Waals surface area contributed by atoms with Gasteiger partial charge in [-0.2, -0.15) is 5.26 Å². The number of aromatic nitrogens is 1. The van der Waals surface area contributed by atoms with E-state index in [9.17, 15) is 14.9 Å². The molecule has 31 heavy (non-hydrogen) atoms. The summed E-state index contributed by atoms with van der Waals surface area (Å²) in [5.74, 6) is -1.31. The summed E-state index contributed by atoms with van der Waals surface area (Å²) in [6, 6.07) is 9.74. The fourth-order valence-electron chi connectivity index (χ4n) is 3.33. The Balaban J connectivity index is 2.05. The molecule has 3 aromatic rings. The molecule has 158 valence electrons. The van der Waals surface area contributed by atoms with E-state index in [-0.39, 0.29) is 17.0 Å². The number of esters is 1. The minimum atomic E-state index is -0.755. The van der Waals surface area contributed by atoms with Crippen molar-refractivity contribution in [2.45, 2.75) is 32.3 Å². The van der Waals surface area contributed by atoms with E-state index in [0.29, 0.717) is 14.8 Å². The lowest BCUT2D eigenvalue weighted by atomic mass is 9.88. The summed E-state index contributed by atoms with van der Waals surface area (Å²) in [5.41, 5.74) is 5.74. The van der Waals surface area contributed by atoms with Crippen LogP contribution in [-0.2, 0) is 9.53 Å². The standard InChI is InChI=1S/C22H19N3O3S3/c1-22(2,3)28-21(27)17-16(14-7-5-9-30-14)13(11-23)20-25(18(17)24)19(26)15(31-20)10-12-6-4-8-29-12/h4-10,16H,24H2,1-3H3. The second-order valence-electron chi connectivity index (χ2n) is 7.85. The van der Waals surface area contributed by atoms with Crippen LogP contribution in [0.2, 0.25) is 0 Å². The van der Waals surface area contributed by atoms with Gasteiger partial charge in [-0.3, -0.25) is 9.36 Å². The van der Waals surface area contributed by atoms with Crippen LogP contribution in [0.3, 0.4) is 0 Å². The molecule has 9 heteroatoms. The number of nitrogens with two attached hydrogens (primary N) is 1. The Morgan fingerprint density at radius 1 is 1.26 bits per heavy atom. The fraction of sp³-hybridized carbons (Fsp3) is 0.227. The van der Waals surface area contributed by atoms with Crippen molar-refractivity contribution in [1.29, 1.82) is 5.26 Å². The first kappa shape index (κ1) is 21.3. The van der Waals surface area contributed by atoms with Crippen LogP contribution in [0.5, 0.6) is 0 Å². The maximum atomic E-state index is 13.2. The highest BCUT2D eigenvalue weighted by Gasteiger charge is 2.38. The topological polar surface area (TPSA) is 98.1 Å². The molecule has 0 amide bonds. The van der Waals surface area contributed by atoms with E-state index in [1.54, 1.807) is 26.8 Å². The summed E-state index contributed by atoms with van der Waals surface area (Å²) < 4.78 is 7.76. The van der Waals surface area contributed by atoms with Gasteiger partial charge in [-0.05, 0) is 49.7 Å². The van der Waals surface area contributed by atoms with E-state index in [1.165, 1.54) is 38.6 Å². The highest BCUT2D eigenvalue weighted by Crippen LogP contribution is 2.39. The number of hydrogen-bond acceptors (Lipinski definition) is 8. The van der Waals surface area contributed by atoms with Crippen molar-refractivity contribution in [3.8, 4) is 6.07 Å². The maximum Gasteiger partial charge on any atom is 0.339 e. The van der Waals surface area contributed by atoms with Crippen LogP contribution in [0.15, 0.2) is 45.4 Å². The van der Waals surface area contributed by atoms with Crippen LogP contribution in [-0.4, -0.2) is 16.1 Å². The van der Waals surface area contributed by atoms with E-state index < -0.39 is 17.5 Å². The molecule has 0 fully saturated rings. The smallest absolute Gasteiger partial charge is 0.339 e. The van der Waals surface area contributed by atoms with E-state index in [4.69, 9.17) is 10.5 Å². The summed E-state index contributed by atoms with van der Waals surface area (Å²) >= 11 is 4.13. The quantitative estimate of drug-likeness (QED) is 0.595. The number of rotatable bonds is 3. The lowest BCUT2D eigenvalue weighted by molar-refractivity contribution is -0.150. The third kappa shape index (κ3) is 3.90. The molecule has 3 aromatic heterocycles. The highest BCUT2D eigenvalue weighted by atomic mass is 32.1. The SMILES string of the molecule is CC(C)(C)OC(=O)C1=C(N)n2c(sc(=Cc3cccs3)c2=O)=C(C#N)C1c1cccs1. The molecule has 1 aliphatic heterocycles. The van der Waals surface area contributed by atoms with Crippen LogP contribution in [0, 0.1) is 11.3 Å².